The summed E-state index contributed by atoms with van der Waals surface area (Å²) in [5.41, 5.74) is 3.00. The van der Waals surface area contributed by atoms with E-state index in [0.29, 0.717) is 0 Å². The number of aromatic nitrogens is 1. The van der Waals surface area contributed by atoms with Gasteiger partial charge in [-0.25, -0.2) is 4.98 Å². The molecule has 3 rings (SSSR count). The lowest BCUT2D eigenvalue weighted by Crippen LogP contribution is -2.49. The van der Waals surface area contributed by atoms with E-state index >= 15 is 0 Å². The van der Waals surface area contributed by atoms with E-state index in [1.165, 1.54) is 0 Å². The first-order valence-corrected chi connectivity index (χ1v) is 7.67. The number of nitrogens with zero attached hydrogens (tertiary/aromatic N) is 3. The Hall–Kier alpha value is -2.36. The predicted molar refractivity (Wildman–Crippen MR) is 88.3 cm³/mol. The lowest BCUT2D eigenvalue weighted by Gasteiger charge is -2.35. The van der Waals surface area contributed by atoms with E-state index in [4.69, 9.17) is 0 Å². The number of benzene rings is 1. The molecule has 2 heterocycles. The number of amides is 1. The molecule has 0 radical (unpaired) electrons. The van der Waals surface area contributed by atoms with Crippen molar-refractivity contribution in [2.24, 2.45) is 0 Å². The zero-order valence-electron chi connectivity index (χ0n) is 13.1. The van der Waals surface area contributed by atoms with Gasteiger partial charge >= 0.3 is 0 Å². The van der Waals surface area contributed by atoms with Gasteiger partial charge in [-0.05, 0) is 37.6 Å². The summed E-state index contributed by atoms with van der Waals surface area (Å²) >= 11 is 0. The van der Waals surface area contributed by atoms with Crippen molar-refractivity contribution in [2.45, 2.75) is 13.8 Å². The monoisotopic (exact) mass is 295 g/mol. The second kappa shape index (κ2) is 6.18. The van der Waals surface area contributed by atoms with Crippen LogP contribution in [0.2, 0.25) is 0 Å². The topological polar surface area (TPSA) is 36.4 Å². The number of carbonyl (C=O) groups is 1. The Kier molecular flexibility index (Phi) is 4.09. The zero-order chi connectivity index (χ0) is 15.5. The first-order chi connectivity index (χ1) is 10.6. The van der Waals surface area contributed by atoms with Gasteiger partial charge in [0.25, 0.3) is 5.91 Å². The molecule has 0 spiro atoms. The van der Waals surface area contributed by atoms with Crippen molar-refractivity contribution < 1.29 is 4.79 Å². The molecule has 1 aliphatic heterocycles. The molecular formula is C18H21N3O. The number of rotatable bonds is 2. The van der Waals surface area contributed by atoms with Crippen LogP contribution in [0.15, 0.2) is 42.6 Å². The molecule has 114 valence electrons. The van der Waals surface area contributed by atoms with Crippen LogP contribution in [-0.4, -0.2) is 42.0 Å². The number of anilines is 1. The lowest BCUT2D eigenvalue weighted by atomic mass is 10.0. The van der Waals surface area contributed by atoms with Crippen LogP contribution in [0.5, 0.6) is 0 Å². The maximum atomic E-state index is 12.7. The fourth-order valence-electron chi connectivity index (χ4n) is 2.82. The Morgan fingerprint density at radius 3 is 2.50 bits per heavy atom. The van der Waals surface area contributed by atoms with Crippen LogP contribution in [0.25, 0.3) is 0 Å². The van der Waals surface area contributed by atoms with Crippen LogP contribution in [-0.2, 0) is 0 Å². The van der Waals surface area contributed by atoms with Gasteiger partial charge in [-0.15, -0.1) is 0 Å². The van der Waals surface area contributed by atoms with Crippen molar-refractivity contribution in [3.63, 3.8) is 0 Å². The van der Waals surface area contributed by atoms with Gasteiger partial charge in [0, 0.05) is 37.9 Å². The van der Waals surface area contributed by atoms with Crippen LogP contribution >= 0.6 is 0 Å². The average Bonchev–Trinajstić information content (AvgIpc) is 2.57. The SMILES string of the molecule is Cc1ccc(C)c(C(=O)N2CCN(c3ccccn3)CC2)c1. The molecule has 4 nitrogen and oxygen atoms in total. The molecule has 0 saturated carbocycles. The van der Waals surface area contributed by atoms with Crippen molar-refractivity contribution in [1.29, 1.82) is 0 Å². The smallest absolute Gasteiger partial charge is 0.254 e. The van der Waals surface area contributed by atoms with E-state index in [2.05, 4.69) is 9.88 Å². The zero-order valence-corrected chi connectivity index (χ0v) is 13.1. The Morgan fingerprint density at radius 1 is 1.05 bits per heavy atom. The minimum atomic E-state index is 0.141. The molecule has 1 amide bonds. The van der Waals surface area contributed by atoms with Crippen molar-refractivity contribution in [1.82, 2.24) is 9.88 Å². The summed E-state index contributed by atoms with van der Waals surface area (Å²) in [5, 5.41) is 0. The van der Waals surface area contributed by atoms with Crippen molar-refractivity contribution in [3.8, 4) is 0 Å². The van der Waals surface area contributed by atoms with Gasteiger partial charge in [0.15, 0.2) is 0 Å². The number of piperazine rings is 1. The van der Waals surface area contributed by atoms with Gasteiger partial charge in [-0.2, -0.15) is 0 Å². The second-order valence-electron chi connectivity index (χ2n) is 5.79. The van der Waals surface area contributed by atoms with Gasteiger partial charge in [-0.1, -0.05) is 23.8 Å². The normalized spacial score (nSPS) is 15.0. The van der Waals surface area contributed by atoms with Gasteiger partial charge in [-0.3, -0.25) is 4.79 Å². The molecule has 22 heavy (non-hydrogen) atoms. The number of carbonyl (C=O) groups excluding carboxylic acids is 1. The highest BCUT2D eigenvalue weighted by Crippen LogP contribution is 2.17. The molecule has 0 N–H and O–H groups in total. The number of aryl methyl sites for hydroxylation is 2. The van der Waals surface area contributed by atoms with Gasteiger partial charge in [0.2, 0.25) is 0 Å². The second-order valence-corrected chi connectivity index (χ2v) is 5.79. The Balaban J connectivity index is 1.68. The molecule has 2 aromatic rings. The average molecular weight is 295 g/mol. The summed E-state index contributed by atoms with van der Waals surface area (Å²) in [4.78, 5) is 21.3. The Labute approximate surface area is 131 Å². The summed E-state index contributed by atoms with van der Waals surface area (Å²) in [6.07, 6.45) is 1.81. The minimum absolute atomic E-state index is 0.141. The molecule has 1 aromatic carbocycles. The molecule has 0 aliphatic carbocycles. The third-order valence-electron chi connectivity index (χ3n) is 4.16. The standard InChI is InChI=1S/C18H21N3O/c1-14-6-7-15(2)16(13-14)18(22)21-11-9-20(10-12-21)17-5-3-4-8-19-17/h3-8,13H,9-12H2,1-2H3. The van der Waals surface area contributed by atoms with E-state index in [1.54, 1.807) is 0 Å². The summed E-state index contributed by atoms with van der Waals surface area (Å²) in [7, 11) is 0. The fraction of sp³-hybridized carbons (Fsp3) is 0.333. The Morgan fingerprint density at radius 2 is 1.82 bits per heavy atom. The lowest BCUT2D eigenvalue weighted by molar-refractivity contribution is 0.0745. The molecule has 4 heteroatoms. The molecule has 0 bridgehead atoms. The van der Waals surface area contributed by atoms with Crippen LogP contribution in [0.4, 0.5) is 5.82 Å². The van der Waals surface area contributed by atoms with Gasteiger partial charge < -0.3 is 9.80 Å². The third kappa shape index (κ3) is 2.96. The largest absolute Gasteiger partial charge is 0.353 e. The van der Waals surface area contributed by atoms with E-state index in [9.17, 15) is 4.79 Å². The highest BCUT2D eigenvalue weighted by Gasteiger charge is 2.23. The Bertz CT molecular complexity index is 661. The van der Waals surface area contributed by atoms with Crippen molar-refractivity contribution in [3.05, 3.63) is 59.3 Å². The van der Waals surface area contributed by atoms with Gasteiger partial charge in [0.05, 0.1) is 0 Å². The van der Waals surface area contributed by atoms with Crippen LogP contribution in [0, 0.1) is 13.8 Å². The van der Waals surface area contributed by atoms with Crippen molar-refractivity contribution >= 4 is 11.7 Å². The predicted octanol–water partition coefficient (Wildman–Crippen LogP) is 2.66. The van der Waals surface area contributed by atoms with Gasteiger partial charge in [0.1, 0.15) is 5.82 Å². The summed E-state index contributed by atoms with van der Waals surface area (Å²) in [5.74, 6) is 1.13. The van der Waals surface area contributed by atoms with E-state index < -0.39 is 0 Å². The highest BCUT2D eigenvalue weighted by molar-refractivity contribution is 5.96. The highest BCUT2D eigenvalue weighted by atomic mass is 16.2. The molecule has 1 saturated heterocycles. The van der Waals surface area contributed by atoms with Crippen molar-refractivity contribution in [2.75, 3.05) is 31.1 Å². The number of hydrogen-bond donors (Lipinski definition) is 0. The van der Waals surface area contributed by atoms with Crippen LogP contribution < -0.4 is 4.90 Å². The first kappa shape index (κ1) is 14.6. The fourth-order valence-corrected chi connectivity index (χ4v) is 2.82. The van der Waals surface area contributed by atoms with Crippen LogP contribution in [0.3, 0.4) is 0 Å². The summed E-state index contributed by atoms with van der Waals surface area (Å²) < 4.78 is 0. The molecule has 1 fully saturated rings. The number of pyridine rings is 1. The minimum Gasteiger partial charge on any atom is -0.353 e. The molecule has 0 unspecified atom stereocenters. The van der Waals surface area contributed by atoms with E-state index in [1.807, 2.05) is 61.3 Å². The summed E-state index contributed by atoms with van der Waals surface area (Å²) in [6.45, 7) is 7.15. The third-order valence-corrected chi connectivity index (χ3v) is 4.16. The molecule has 0 atom stereocenters. The first-order valence-electron chi connectivity index (χ1n) is 7.67. The molecule has 1 aliphatic rings. The quantitative estimate of drug-likeness (QED) is 0.854. The maximum absolute atomic E-state index is 12.7. The van der Waals surface area contributed by atoms with E-state index in [0.717, 1.165) is 48.7 Å². The molecular weight excluding hydrogens is 274 g/mol. The van der Waals surface area contributed by atoms with E-state index in [-0.39, 0.29) is 5.91 Å². The molecule has 1 aromatic heterocycles. The number of hydrogen-bond acceptors (Lipinski definition) is 3. The maximum Gasteiger partial charge on any atom is 0.254 e. The van der Waals surface area contributed by atoms with Crippen LogP contribution in [0.1, 0.15) is 21.5 Å². The summed E-state index contributed by atoms with van der Waals surface area (Å²) in [6, 6.07) is 12.0.